The van der Waals surface area contributed by atoms with Crippen LogP contribution in [0.4, 0.5) is 5.69 Å². The van der Waals surface area contributed by atoms with E-state index in [0.717, 1.165) is 15.9 Å². The molecule has 0 fully saturated rings. The van der Waals surface area contributed by atoms with Gasteiger partial charge in [0.05, 0.1) is 22.0 Å². The first kappa shape index (κ1) is 28.8. The molecule has 2 amide bonds. The molecule has 10 heteroatoms. The Labute approximate surface area is 228 Å². The number of anilines is 1. The average molecular weight is 565 g/mol. The number of hydrogen-bond acceptors (Lipinski definition) is 4. The SMILES string of the molecule is CC[C@@H](C(=O)NC(C)C)N(Cc1ccc(Cl)c(Cl)c1)C(=O)CN(c1cccc2ccccc12)S(C)(=O)=O. The van der Waals surface area contributed by atoms with Crippen LogP contribution in [0.2, 0.25) is 10.0 Å². The molecule has 37 heavy (non-hydrogen) atoms. The fourth-order valence-corrected chi connectivity index (χ4v) is 5.34. The van der Waals surface area contributed by atoms with E-state index in [0.29, 0.717) is 33.1 Å². The second-order valence-corrected chi connectivity index (χ2v) is 11.8. The van der Waals surface area contributed by atoms with Crippen LogP contribution in [-0.2, 0) is 26.2 Å². The van der Waals surface area contributed by atoms with E-state index in [-0.39, 0.29) is 18.5 Å². The Hall–Kier alpha value is -2.81. The van der Waals surface area contributed by atoms with Crippen molar-refractivity contribution in [1.29, 1.82) is 0 Å². The first-order valence-electron chi connectivity index (χ1n) is 11.9. The number of hydrogen-bond donors (Lipinski definition) is 1. The minimum atomic E-state index is -3.85. The van der Waals surface area contributed by atoms with E-state index >= 15 is 0 Å². The smallest absolute Gasteiger partial charge is 0.244 e. The van der Waals surface area contributed by atoms with Gasteiger partial charge in [-0.25, -0.2) is 8.42 Å². The van der Waals surface area contributed by atoms with Gasteiger partial charge < -0.3 is 10.2 Å². The number of rotatable bonds is 10. The zero-order chi connectivity index (χ0) is 27.3. The lowest BCUT2D eigenvalue weighted by molar-refractivity contribution is -0.140. The Bertz CT molecular complexity index is 1390. The predicted molar refractivity (Wildman–Crippen MR) is 151 cm³/mol. The molecule has 0 aliphatic rings. The minimum absolute atomic E-state index is 0.0485. The summed E-state index contributed by atoms with van der Waals surface area (Å²) in [5.74, 6) is -0.836. The molecule has 0 saturated carbocycles. The molecule has 0 radical (unpaired) electrons. The van der Waals surface area contributed by atoms with Gasteiger partial charge in [-0.05, 0) is 49.4 Å². The van der Waals surface area contributed by atoms with Crippen LogP contribution in [0.25, 0.3) is 10.8 Å². The number of halogens is 2. The quantitative estimate of drug-likeness (QED) is 0.365. The maximum Gasteiger partial charge on any atom is 0.244 e. The number of sulfonamides is 1. The van der Waals surface area contributed by atoms with E-state index in [9.17, 15) is 18.0 Å². The highest BCUT2D eigenvalue weighted by atomic mass is 35.5. The van der Waals surface area contributed by atoms with E-state index in [2.05, 4.69) is 5.32 Å². The molecule has 0 bridgehead atoms. The monoisotopic (exact) mass is 563 g/mol. The van der Waals surface area contributed by atoms with Gasteiger partial charge in [0.25, 0.3) is 0 Å². The summed E-state index contributed by atoms with van der Waals surface area (Å²) in [5.41, 5.74) is 1.05. The highest BCUT2D eigenvalue weighted by Crippen LogP contribution is 2.29. The lowest BCUT2D eigenvalue weighted by Gasteiger charge is -2.33. The van der Waals surface area contributed by atoms with Gasteiger partial charge in [0.15, 0.2) is 0 Å². The van der Waals surface area contributed by atoms with Crippen molar-refractivity contribution in [2.45, 2.75) is 45.8 Å². The van der Waals surface area contributed by atoms with Crippen LogP contribution < -0.4 is 9.62 Å². The summed E-state index contributed by atoms with van der Waals surface area (Å²) >= 11 is 12.3. The highest BCUT2D eigenvalue weighted by molar-refractivity contribution is 7.92. The molecule has 0 saturated heterocycles. The van der Waals surface area contributed by atoms with Gasteiger partial charge in [-0.15, -0.1) is 0 Å². The Morgan fingerprint density at radius 3 is 2.27 bits per heavy atom. The predicted octanol–water partition coefficient (Wildman–Crippen LogP) is 5.24. The van der Waals surface area contributed by atoms with E-state index in [1.807, 2.05) is 44.2 Å². The summed E-state index contributed by atoms with van der Waals surface area (Å²) in [5, 5.41) is 5.09. The molecule has 0 heterocycles. The van der Waals surface area contributed by atoms with Crippen LogP contribution in [-0.4, -0.2) is 50.0 Å². The van der Waals surface area contributed by atoms with Crippen LogP contribution in [0.1, 0.15) is 32.8 Å². The number of nitrogens with one attached hydrogen (secondary N) is 1. The number of amides is 2. The number of carbonyl (C=O) groups excluding carboxylic acids is 2. The van der Waals surface area contributed by atoms with Gasteiger partial charge in [0.2, 0.25) is 21.8 Å². The van der Waals surface area contributed by atoms with Crippen LogP contribution >= 0.6 is 23.2 Å². The van der Waals surface area contributed by atoms with Crippen LogP contribution in [0, 0.1) is 0 Å². The Morgan fingerprint density at radius 1 is 0.973 bits per heavy atom. The van der Waals surface area contributed by atoms with Gasteiger partial charge in [-0.1, -0.05) is 72.6 Å². The molecule has 7 nitrogen and oxygen atoms in total. The van der Waals surface area contributed by atoms with E-state index < -0.39 is 28.5 Å². The summed E-state index contributed by atoms with van der Waals surface area (Å²) in [6.07, 6.45) is 1.40. The zero-order valence-electron chi connectivity index (χ0n) is 21.2. The molecular formula is C27H31Cl2N3O4S. The van der Waals surface area contributed by atoms with Gasteiger partial charge in [-0.2, -0.15) is 0 Å². The van der Waals surface area contributed by atoms with Gasteiger partial charge in [-0.3, -0.25) is 13.9 Å². The lowest BCUT2D eigenvalue weighted by atomic mass is 10.1. The zero-order valence-corrected chi connectivity index (χ0v) is 23.6. The first-order valence-corrected chi connectivity index (χ1v) is 14.5. The molecule has 3 aromatic rings. The van der Waals surface area contributed by atoms with E-state index in [4.69, 9.17) is 23.2 Å². The van der Waals surface area contributed by atoms with Crippen molar-refractivity contribution >= 4 is 61.5 Å². The molecule has 0 aliphatic heterocycles. The molecule has 3 aromatic carbocycles. The van der Waals surface area contributed by atoms with Crippen molar-refractivity contribution in [3.05, 3.63) is 76.3 Å². The molecule has 1 N–H and O–H groups in total. The molecule has 0 aromatic heterocycles. The van der Waals surface area contributed by atoms with Crippen LogP contribution in [0.15, 0.2) is 60.7 Å². The Balaban J connectivity index is 2.04. The van der Waals surface area contributed by atoms with Crippen molar-refractivity contribution in [3.8, 4) is 0 Å². The largest absolute Gasteiger partial charge is 0.352 e. The van der Waals surface area contributed by atoms with Gasteiger partial charge >= 0.3 is 0 Å². The van der Waals surface area contributed by atoms with Crippen molar-refractivity contribution in [3.63, 3.8) is 0 Å². The third-order valence-electron chi connectivity index (χ3n) is 5.87. The number of carbonyl (C=O) groups is 2. The minimum Gasteiger partial charge on any atom is -0.352 e. The number of fused-ring (bicyclic) bond motifs is 1. The fourth-order valence-electron chi connectivity index (χ4n) is 4.16. The van der Waals surface area contributed by atoms with Crippen LogP contribution in [0.5, 0.6) is 0 Å². The topological polar surface area (TPSA) is 86.8 Å². The second-order valence-electron chi connectivity index (χ2n) is 9.13. The summed E-state index contributed by atoms with van der Waals surface area (Å²) in [4.78, 5) is 28.3. The van der Waals surface area contributed by atoms with Gasteiger partial charge in [0, 0.05) is 18.0 Å². The second kappa shape index (κ2) is 12.2. The van der Waals surface area contributed by atoms with Crippen molar-refractivity contribution < 1.29 is 18.0 Å². The molecule has 0 unspecified atom stereocenters. The lowest BCUT2D eigenvalue weighted by Crippen LogP contribution is -2.53. The molecular weight excluding hydrogens is 533 g/mol. The molecule has 198 valence electrons. The summed E-state index contributed by atoms with van der Waals surface area (Å²) in [6.45, 7) is 5.05. The summed E-state index contributed by atoms with van der Waals surface area (Å²) in [7, 11) is -3.85. The van der Waals surface area contributed by atoms with Crippen molar-refractivity contribution in [2.75, 3.05) is 17.1 Å². The van der Waals surface area contributed by atoms with Crippen LogP contribution in [0.3, 0.4) is 0 Å². The third-order valence-corrected chi connectivity index (χ3v) is 7.73. The molecule has 0 spiro atoms. The maximum atomic E-state index is 13.8. The van der Waals surface area contributed by atoms with E-state index in [1.54, 1.807) is 37.3 Å². The molecule has 1 atom stereocenters. The summed E-state index contributed by atoms with van der Waals surface area (Å²) < 4.78 is 27.0. The molecule has 3 rings (SSSR count). The standard InChI is InChI=1S/C27H31Cl2N3O4S/c1-5-24(27(34)30-18(2)3)31(16-19-13-14-22(28)23(29)15-19)26(33)17-32(37(4,35)36)25-12-8-10-20-9-6-7-11-21(20)25/h6-15,18,24H,5,16-17H2,1-4H3,(H,30,34)/t24-/m0/s1. The Morgan fingerprint density at radius 2 is 1.65 bits per heavy atom. The van der Waals surface area contributed by atoms with Crippen molar-refractivity contribution in [2.24, 2.45) is 0 Å². The van der Waals surface area contributed by atoms with Gasteiger partial charge in [0.1, 0.15) is 12.6 Å². The first-order chi connectivity index (χ1) is 17.4. The van der Waals surface area contributed by atoms with E-state index in [1.165, 1.54) is 4.90 Å². The highest BCUT2D eigenvalue weighted by Gasteiger charge is 2.32. The third kappa shape index (κ3) is 7.15. The summed E-state index contributed by atoms with van der Waals surface area (Å²) in [6, 6.07) is 16.7. The fraction of sp³-hybridized carbons (Fsp3) is 0.333. The number of benzene rings is 3. The normalized spacial score (nSPS) is 12.4. The average Bonchev–Trinajstić information content (AvgIpc) is 2.83. The number of nitrogens with zero attached hydrogens (tertiary/aromatic N) is 2. The van der Waals surface area contributed by atoms with Crippen molar-refractivity contribution in [1.82, 2.24) is 10.2 Å². The Kier molecular flexibility index (Phi) is 9.45. The maximum absolute atomic E-state index is 13.8. The molecule has 0 aliphatic carbocycles.